The average Bonchev–Trinajstić information content (AvgIpc) is 3.19. The highest BCUT2D eigenvalue weighted by molar-refractivity contribution is 7.91. The van der Waals surface area contributed by atoms with E-state index in [1.165, 1.54) is 18.2 Å². The number of carbonyl (C=O) groups is 1. The maximum absolute atomic E-state index is 14.2. The number of nitrogens with zero attached hydrogens (tertiary/aromatic N) is 3. The number of hydrogen-bond donors (Lipinski definition) is 0. The van der Waals surface area contributed by atoms with Gasteiger partial charge in [-0.25, -0.2) is 17.8 Å². The van der Waals surface area contributed by atoms with Crippen LogP contribution in [-0.4, -0.2) is 47.6 Å². The van der Waals surface area contributed by atoms with Gasteiger partial charge in [0.1, 0.15) is 5.82 Å². The molecule has 8 heteroatoms. The maximum atomic E-state index is 14.2. The van der Waals surface area contributed by atoms with E-state index in [1.807, 2.05) is 22.9 Å². The van der Waals surface area contributed by atoms with Gasteiger partial charge in [-0.1, -0.05) is 30.3 Å². The molecule has 0 bridgehead atoms. The van der Waals surface area contributed by atoms with Crippen molar-refractivity contribution in [2.75, 3.05) is 18.8 Å². The van der Waals surface area contributed by atoms with Crippen LogP contribution in [0.3, 0.4) is 0 Å². The molecule has 0 aliphatic carbocycles. The van der Waals surface area contributed by atoms with Gasteiger partial charge in [0, 0.05) is 43.2 Å². The molecule has 0 N–H and O–H groups in total. The van der Waals surface area contributed by atoms with E-state index in [2.05, 4.69) is 4.98 Å². The summed E-state index contributed by atoms with van der Waals surface area (Å²) in [6.07, 6.45) is 5.47. The lowest BCUT2D eigenvalue weighted by Gasteiger charge is -2.20. The third-order valence-corrected chi connectivity index (χ3v) is 7.51. The molecule has 3 aromatic rings. The lowest BCUT2D eigenvalue weighted by Crippen LogP contribution is -2.33. The minimum absolute atomic E-state index is 0.100. The summed E-state index contributed by atoms with van der Waals surface area (Å²) in [6, 6.07) is 13.2. The second-order valence-electron chi connectivity index (χ2n) is 7.39. The Labute approximate surface area is 174 Å². The van der Waals surface area contributed by atoms with Crippen molar-refractivity contribution in [3.05, 3.63) is 89.8 Å². The topological polar surface area (TPSA) is 72.3 Å². The molecule has 0 saturated carbocycles. The second-order valence-corrected chi connectivity index (χ2v) is 9.69. The fourth-order valence-electron chi connectivity index (χ4n) is 3.76. The molecule has 1 saturated heterocycles. The maximum Gasteiger partial charge on any atom is 0.253 e. The number of amides is 1. The largest absolute Gasteiger partial charge is 0.338 e. The fourth-order valence-corrected chi connectivity index (χ4v) is 5.56. The van der Waals surface area contributed by atoms with E-state index in [1.54, 1.807) is 35.6 Å². The van der Waals surface area contributed by atoms with E-state index in [0.29, 0.717) is 12.1 Å². The fraction of sp³-hybridized carbons (Fsp3) is 0.273. The van der Waals surface area contributed by atoms with E-state index in [-0.39, 0.29) is 36.7 Å². The number of hydrogen-bond acceptors (Lipinski definition) is 4. The molecule has 0 radical (unpaired) electrons. The van der Waals surface area contributed by atoms with Crippen LogP contribution in [0.4, 0.5) is 4.39 Å². The zero-order chi connectivity index (χ0) is 21.1. The van der Waals surface area contributed by atoms with Crippen LogP contribution >= 0.6 is 0 Å². The van der Waals surface area contributed by atoms with Crippen molar-refractivity contribution in [2.24, 2.45) is 0 Å². The molecule has 2 aromatic carbocycles. The third-order valence-electron chi connectivity index (χ3n) is 5.40. The Morgan fingerprint density at radius 3 is 2.57 bits per heavy atom. The van der Waals surface area contributed by atoms with E-state index < -0.39 is 20.9 Å². The zero-order valence-electron chi connectivity index (χ0n) is 16.3. The average molecular weight is 428 g/mol. The van der Waals surface area contributed by atoms with E-state index in [0.717, 1.165) is 5.56 Å². The lowest BCUT2D eigenvalue weighted by molar-refractivity contribution is 0.0766. The molecule has 1 aliphatic rings. The van der Waals surface area contributed by atoms with E-state index >= 15 is 0 Å². The summed E-state index contributed by atoms with van der Waals surface area (Å²) in [6.45, 7) is 1.01. The number of carbonyl (C=O) groups excluding carboxylic acids is 1. The van der Waals surface area contributed by atoms with Gasteiger partial charge in [-0.3, -0.25) is 4.79 Å². The second kappa shape index (κ2) is 8.39. The Morgan fingerprint density at radius 2 is 1.87 bits per heavy atom. The summed E-state index contributed by atoms with van der Waals surface area (Å²) in [5.74, 6) is -0.927. The number of rotatable bonds is 4. The van der Waals surface area contributed by atoms with E-state index in [9.17, 15) is 17.6 Å². The molecular weight excluding hydrogens is 405 g/mol. The van der Waals surface area contributed by atoms with Gasteiger partial charge in [0.05, 0.1) is 17.3 Å². The first-order valence-electron chi connectivity index (χ1n) is 9.74. The smallest absolute Gasteiger partial charge is 0.253 e. The Kier molecular flexibility index (Phi) is 5.67. The normalized spacial score (nSPS) is 18.7. The summed E-state index contributed by atoms with van der Waals surface area (Å²) < 4.78 is 41.6. The van der Waals surface area contributed by atoms with Crippen molar-refractivity contribution in [1.29, 1.82) is 0 Å². The number of aromatic nitrogens is 2. The van der Waals surface area contributed by atoms with Crippen LogP contribution in [0.2, 0.25) is 0 Å². The standard InChI is InChI=1S/C22H22FN3O3S/c23-20-4-2-1-3-19(20)21-9-11-26(13-14-30(21,28)29)22(27)18-7-5-17(6-8-18)15-25-12-10-24-16-25/h1-8,10,12,16,21H,9,11,13-15H2. The first-order valence-corrected chi connectivity index (χ1v) is 11.5. The molecule has 1 aromatic heterocycles. The van der Waals surface area contributed by atoms with Crippen LogP contribution in [0.5, 0.6) is 0 Å². The quantitative estimate of drug-likeness (QED) is 0.642. The van der Waals surface area contributed by atoms with Crippen LogP contribution in [0.1, 0.15) is 33.2 Å². The van der Waals surface area contributed by atoms with Crippen molar-refractivity contribution in [2.45, 2.75) is 18.2 Å². The molecule has 1 fully saturated rings. The Hall–Kier alpha value is -3.00. The number of sulfone groups is 1. The number of imidazole rings is 1. The molecule has 1 amide bonds. The molecule has 1 atom stereocenters. The van der Waals surface area contributed by atoms with Crippen molar-refractivity contribution >= 4 is 15.7 Å². The van der Waals surface area contributed by atoms with Crippen LogP contribution in [-0.2, 0) is 16.4 Å². The SMILES string of the molecule is O=C(c1ccc(Cn2ccnc2)cc1)N1CCC(c2ccccc2F)S(=O)(=O)CC1. The Balaban J connectivity index is 1.48. The van der Waals surface area contributed by atoms with Gasteiger partial charge >= 0.3 is 0 Å². The van der Waals surface area contributed by atoms with Gasteiger partial charge < -0.3 is 9.47 Å². The molecule has 6 nitrogen and oxygen atoms in total. The van der Waals surface area contributed by atoms with Gasteiger partial charge in [0.2, 0.25) is 0 Å². The van der Waals surface area contributed by atoms with Crippen LogP contribution in [0, 0.1) is 5.82 Å². The predicted molar refractivity (Wildman–Crippen MR) is 111 cm³/mol. The van der Waals surface area contributed by atoms with Crippen molar-refractivity contribution in [3.63, 3.8) is 0 Å². The monoisotopic (exact) mass is 427 g/mol. The number of halogens is 1. The van der Waals surface area contributed by atoms with Crippen LogP contribution in [0.25, 0.3) is 0 Å². The molecule has 1 unspecified atom stereocenters. The summed E-state index contributed by atoms with van der Waals surface area (Å²) in [4.78, 5) is 18.5. The molecule has 1 aliphatic heterocycles. The molecule has 2 heterocycles. The Morgan fingerprint density at radius 1 is 1.10 bits per heavy atom. The highest BCUT2D eigenvalue weighted by Crippen LogP contribution is 2.31. The van der Waals surface area contributed by atoms with Gasteiger partial charge in [-0.15, -0.1) is 0 Å². The third kappa shape index (κ3) is 4.28. The highest BCUT2D eigenvalue weighted by Gasteiger charge is 2.34. The molecule has 4 rings (SSSR count). The minimum Gasteiger partial charge on any atom is -0.338 e. The first kappa shape index (κ1) is 20.3. The first-order chi connectivity index (χ1) is 14.4. The number of benzene rings is 2. The minimum atomic E-state index is -3.56. The van der Waals surface area contributed by atoms with Gasteiger partial charge in [0.25, 0.3) is 5.91 Å². The van der Waals surface area contributed by atoms with Gasteiger partial charge in [-0.05, 0) is 30.2 Å². The van der Waals surface area contributed by atoms with Crippen molar-refractivity contribution in [3.8, 4) is 0 Å². The summed E-state index contributed by atoms with van der Waals surface area (Å²) in [5.41, 5.74) is 1.71. The van der Waals surface area contributed by atoms with E-state index in [4.69, 9.17) is 0 Å². The highest BCUT2D eigenvalue weighted by atomic mass is 32.2. The predicted octanol–water partition coefficient (Wildman–Crippen LogP) is 3.07. The Bertz CT molecular complexity index is 1130. The lowest BCUT2D eigenvalue weighted by atomic mass is 10.1. The zero-order valence-corrected chi connectivity index (χ0v) is 17.1. The van der Waals surface area contributed by atoms with Gasteiger partial charge in [-0.2, -0.15) is 0 Å². The molecule has 30 heavy (non-hydrogen) atoms. The van der Waals surface area contributed by atoms with Crippen molar-refractivity contribution in [1.82, 2.24) is 14.5 Å². The van der Waals surface area contributed by atoms with Crippen LogP contribution in [0.15, 0.2) is 67.3 Å². The van der Waals surface area contributed by atoms with Gasteiger partial charge in [0.15, 0.2) is 9.84 Å². The summed E-state index contributed by atoms with van der Waals surface area (Å²) in [5, 5.41) is -0.936. The summed E-state index contributed by atoms with van der Waals surface area (Å²) >= 11 is 0. The van der Waals surface area contributed by atoms with Crippen molar-refractivity contribution < 1.29 is 17.6 Å². The molecular formula is C22H22FN3O3S. The van der Waals surface area contributed by atoms with Crippen LogP contribution < -0.4 is 0 Å². The molecule has 0 spiro atoms. The summed E-state index contributed by atoms with van der Waals surface area (Å²) in [7, 11) is -3.56. The molecule has 156 valence electrons.